The highest BCUT2D eigenvalue weighted by atomic mass is 35.5. The van der Waals surface area contributed by atoms with E-state index in [4.69, 9.17) is 11.6 Å². The fraction of sp³-hybridized carbons (Fsp3) is 0.583. The summed E-state index contributed by atoms with van der Waals surface area (Å²) in [6, 6.07) is 2.83. The summed E-state index contributed by atoms with van der Waals surface area (Å²) in [5.41, 5.74) is 0.211. The maximum atomic E-state index is 12.2. The van der Waals surface area contributed by atoms with Crippen LogP contribution in [0.25, 0.3) is 0 Å². The molecule has 1 atom stereocenters. The second-order valence-corrected chi connectivity index (χ2v) is 7.64. The van der Waals surface area contributed by atoms with Gasteiger partial charge in [-0.05, 0) is 36.8 Å². The molecule has 1 aromatic heterocycles. The lowest BCUT2D eigenvalue weighted by atomic mass is 9.92. The van der Waals surface area contributed by atoms with E-state index >= 15 is 0 Å². The minimum Gasteiger partial charge on any atom is -0.244 e. The van der Waals surface area contributed by atoms with Gasteiger partial charge in [-0.25, -0.2) is 18.1 Å². The Morgan fingerprint density at radius 3 is 2.78 bits per heavy atom. The highest BCUT2D eigenvalue weighted by Crippen LogP contribution is 2.37. The quantitative estimate of drug-likeness (QED) is 0.870. The number of sulfonamides is 1. The van der Waals surface area contributed by atoms with Crippen LogP contribution in [-0.4, -0.2) is 19.4 Å². The molecule has 1 aliphatic carbocycles. The summed E-state index contributed by atoms with van der Waals surface area (Å²) in [6.45, 7) is 4.31. The Balaban J connectivity index is 2.14. The highest BCUT2D eigenvalue weighted by molar-refractivity contribution is 7.89. The first-order valence-electron chi connectivity index (χ1n) is 5.92. The van der Waals surface area contributed by atoms with Crippen molar-refractivity contribution in [2.24, 2.45) is 5.41 Å². The first-order chi connectivity index (χ1) is 8.28. The van der Waals surface area contributed by atoms with Crippen molar-refractivity contribution in [1.82, 2.24) is 9.71 Å². The molecule has 1 fully saturated rings. The van der Waals surface area contributed by atoms with Gasteiger partial charge in [-0.1, -0.05) is 25.4 Å². The van der Waals surface area contributed by atoms with E-state index in [1.807, 2.05) is 0 Å². The SMILES string of the molecule is CC1(C)CCC(NS(=O)(=O)c2ccnc(Cl)c2)C1. The van der Waals surface area contributed by atoms with Crippen LogP contribution in [0.4, 0.5) is 0 Å². The van der Waals surface area contributed by atoms with E-state index < -0.39 is 10.0 Å². The number of halogens is 1. The van der Waals surface area contributed by atoms with Gasteiger partial charge in [0.05, 0.1) is 4.90 Å². The molecule has 0 aromatic carbocycles. The zero-order chi connectivity index (χ0) is 13.4. The van der Waals surface area contributed by atoms with Gasteiger partial charge >= 0.3 is 0 Å². The van der Waals surface area contributed by atoms with Gasteiger partial charge < -0.3 is 0 Å². The van der Waals surface area contributed by atoms with Crippen molar-refractivity contribution in [3.63, 3.8) is 0 Å². The average Bonchev–Trinajstić information content (AvgIpc) is 2.57. The zero-order valence-corrected chi connectivity index (χ0v) is 12.1. The third kappa shape index (κ3) is 3.22. The Morgan fingerprint density at radius 1 is 1.50 bits per heavy atom. The van der Waals surface area contributed by atoms with Gasteiger partial charge in [0.1, 0.15) is 5.15 Å². The lowest BCUT2D eigenvalue weighted by Gasteiger charge is -2.17. The molecular formula is C12H17ClN2O2S. The minimum absolute atomic E-state index is 0.0111. The summed E-state index contributed by atoms with van der Waals surface area (Å²) < 4.78 is 27.0. The van der Waals surface area contributed by atoms with Gasteiger partial charge in [0, 0.05) is 12.2 Å². The predicted octanol–water partition coefficient (Wildman–Crippen LogP) is 2.59. The molecule has 2 rings (SSSR count). The predicted molar refractivity (Wildman–Crippen MR) is 71.0 cm³/mol. The van der Waals surface area contributed by atoms with Crippen molar-refractivity contribution in [2.75, 3.05) is 0 Å². The van der Waals surface area contributed by atoms with E-state index in [1.165, 1.54) is 18.3 Å². The van der Waals surface area contributed by atoms with Crippen molar-refractivity contribution in [1.29, 1.82) is 0 Å². The summed E-state index contributed by atoms with van der Waals surface area (Å²) in [6.07, 6.45) is 4.18. The van der Waals surface area contributed by atoms with Gasteiger partial charge in [-0.2, -0.15) is 0 Å². The topological polar surface area (TPSA) is 59.1 Å². The molecule has 1 saturated carbocycles. The maximum absolute atomic E-state index is 12.2. The van der Waals surface area contributed by atoms with Gasteiger partial charge in [-0.3, -0.25) is 0 Å². The fourth-order valence-electron chi connectivity index (χ4n) is 2.38. The molecule has 1 aromatic rings. The van der Waals surface area contributed by atoms with E-state index in [2.05, 4.69) is 23.6 Å². The Hall–Kier alpha value is -0.650. The lowest BCUT2D eigenvalue weighted by Crippen LogP contribution is -2.33. The number of nitrogens with zero attached hydrogens (tertiary/aromatic N) is 1. The molecule has 1 aliphatic rings. The van der Waals surface area contributed by atoms with Crippen LogP contribution < -0.4 is 4.72 Å². The Morgan fingerprint density at radius 2 is 2.22 bits per heavy atom. The van der Waals surface area contributed by atoms with Crippen LogP contribution in [0.2, 0.25) is 5.15 Å². The molecule has 4 nitrogen and oxygen atoms in total. The van der Waals surface area contributed by atoms with Gasteiger partial charge in [-0.15, -0.1) is 0 Å². The molecule has 1 N–H and O–H groups in total. The van der Waals surface area contributed by atoms with E-state index in [1.54, 1.807) is 0 Å². The van der Waals surface area contributed by atoms with Crippen LogP contribution in [0.3, 0.4) is 0 Å². The largest absolute Gasteiger partial charge is 0.244 e. The Kier molecular flexibility index (Phi) is 3.67. The molecule has 0 aliphatic heterocycles. The van der Waals surface area contributed by atoms with E-state index in [-0.39, 0.29) is 21.5 Å². The van der Waals surface area contributed by atoms with Crippen molar-refractivity contribution in [2.45, 2.75) is 44.0 Å². The number of hydrogen-bond acceptors (Lipinski definition) is 3. The number of nitrogens with one attached hydrogen (secondary N) is 1. The molecule has 0 spiro atoms. The smallest absolute Gasteiger partial charge is 0.240 e. The van der Waals surface area contributed by atoms with Gasteiger partial charge in [0.2, 0.25) is 10.0 Å². The van der Waals surface area contributed by atoms with Crippen molar-refractivity contribution >= 4 is 21.6 Å². The molecule has 0 radical (unpaired) electrons. The third-order valence-corrected chi connectivity index (χ3v) is 5.02. The molecule has 1 unspecified atom stereocenters. The first kappa shape index (κ1) is 13.8. The number of hydrogen-bond donors (Lipinski definition) is 1. The Bertz CT molecular complexity index is 543. The molecular weight excluding hydrogens is 272 g/mol. The van der Waals surface area contributed by atoms with Crippen LogP contribution in [0.1, 0.15) is 33.1 Å². The summed E-state index contributed by atoms with van der Waals surface area (Å²) in [5, 5.41) is 0.185. The number of aromatic nitrogens is 1. The van der Waals surface area contributed by atoms with Crippen molar-refractivity contribution < 1.29 is 8.42 Å². The highest BCUT2D eigenvalue weighted by Gasteiger charge is 2.33. The van der Waals surface area contributed by atoms with Crippen LogP contribution in [0.15, 0.2) is 23.2 Å². The maximum Gasteiger partial charge on any atom is 0.240 e. The third-order valence-electron chi connectivity index (χ3n) is 3.30. The standard InChI is InChI=1S/C12H17ClN2O2S/c1-12(2)5-3-9(8-12)15-18(16,17)10-4-6-14-11(13)7-10/h4,6-7,9,15H,3,5,8H2,1-2H3. The molecule has 6 heteroatoms. The Labute approximate surface area is 113 Å². The number of rotatable bonds is 3. The lowest BCUT2D eigenvalue weighted by molar-refractivity contribution is 0.372. The van der Waals surface area contributed by atoms with Gasteiger partial charge in [0.25, 0.3) is 0 Å². The van der Waals surface area contributed by atoms with Gasteiger partial charge in [0.15, 0.2) is 0 Å². The van der Waals surface area contributed by atoms with E-state index in [0.29, 0.717) is 0 Å². The summed E-state index contributed by atoms with van der Waals surface area (Å²) >= 11 is 5.71. The van der Waals surface area contributed by atoms with Crippen LogP contribution in [-0.2, 0) is 10.0 Å². The normalized spacial score (nSPS) is 23.2. The molecule has 0 bridgehead atoms. The summed E-state index contributed by atoms with van der Waals surface area (Å²) in [4.78, 5) is 3.95. The van der Waals surface area contributed by atoms with Crippen LogP contribution >= 0.6 is 11.6 Å². The minimum atomic E-state index is -3.49. The monoisotopic (exact) mass is 288 g/mol. The van der Waals surface area contributed by atoms with E-state index in [0.717, 1.165) is 19.3 Å². The average molecular weight is 289 g/mol. The first-order valence-corrected chi connectivity index (χ1v) is 7.79. The molecule has 1 heterocycles. The molecule has 18 heavy (non-hydrogen) atoms. The van der Waals surface area contributed by atoms with Crippen LogP contribution in [0.5, 0.6) is 0 Å². The summed E-state index contributed by atoms with van der Waals surface area (Å²) in [7, 11) is -3.49. The number of pyridine rings is 1. The second kappa shape index (κ2) is 4.79. The second-order valence-electron chi connectivity index (χ2n) is 5.54. The van der Waals surface area contributed by atoms with Crippen molar-refractivity contribution in [3.8, 4) is 0 Å². The zero-order valence-electron chi connectivity index (χ0n) is 10.5. The summed E-state index contributed by atoms with van der Waals surface area (Å²) in [5.74, 6) is 0. The fourth-order valence-corrected chi connectivity index (χ4v) is 3.90. The van der Waals surface area contributed by atoms with Crippen LogP contribution in [0, 0.1) is 5.41 Å². The van der Waals surface area contributed by atoms with Crippen molar-refractivity contribution in [3.05, 3.63) is 23.5 Å². The molecule has 100 valence electrons. The molecule has 0 saturated heterocycles. The molecule has 0 amide bonds. The van der Waals surface area contributed by atoms with E-state index in [9.17, 15) is 8.42 Å².